The van der Waals surface area contributed by atoms with E-state index in [1.165, 1.54) is 20.1 Å². The number of anilines is 1. The number of carbonyl (C=O) groups is 8. The minimum Gasteiger partial charge on any atom is -0.466 e. The average molecular weight is 731 g/mol. The molecule has 5 amide bonds. The predicted octanol–water partition coefficient (Wildman–Crippen LogP) is 2.42. The molecule has 2 aliphatic carbocycles. The fraction of sp³-hybridized carbons (Fsp3) is 0.474. The molecule has 2 bridgehead atoms. The van der Waals surface area contributed by atoms with Crippen molar-refractivity contribution in [2.45, 2.75) is 83.0 Å². The maximum Gasteiger partial charge on any atom is 0.333 e. The molecule has 6 rings (SSSR count). The van der Waals surface area contributed by atoms with Gasteiger partial charge in [-0.2, -0.15) is 0 Å². The Morgan fingerprint density at radius 1 is 1.04 bits per heavy atom. The van der Waals surface area contributed by atoms with E-state index >= 15 is 0 Å². The van der Waals surface area contributed by atoms with Gasteiger partial charge in [0.05, 0.1) is 18.2 Å². The summed E-state index contributed by atoms with van der Waals surface area (Å²) in [5, 5.41) is 8.05. The van der Waals surface area contributed by atoms with Gasteiger partial charge in [-0.1, -0.05) is 24.3 Å². The normalized spacial score (nSPS) is 29.4. The van der Waals surface area contributed by atoms with Crippen molar-refractivity contribution in [3.63, 3.8) is 0 Å². The Balaban J connectivity index is 1.09. The van der Waals surface area contributed by atoms with Crippen LogP contribution < -0.4 is 16.0 Å². The first-order chi connectivity index (χ1) is 25.2. The van der Waals surface area contributed by atoms with Crippen LogP contribution in [0.5, 0.6) is 0 Å². The van der Waals surface area contributed by atoms with Crippen molar-refractivity contribution in [1.29, 1.82) is 0 Å². The van der Waals surface area contributed by atoms with Gasteiger partial charge in [0.1, 0.15) is 22.7 Å². The van der Waals surface area contributed by atoms with Crippen molar-refractivity contribution in [3.05, 3.63) is 64.8 Å². The molecule has 1 aromatic rings. The lowest BCUT2D eigenvalue weighted by atomic mass is 9.62. The molecule has 3 heterocycles. The smallest absolute Gasteiger partial charge is 0.333 e. The molecule has 5 atom stereocenters. The highest BCUT2D eigenvalue weighted by Gasteiger charge is 2.74. The predicted molar refractivity (Wildman–Crippen MR) is 186 cm³/mol. The zero-order valence-electron chi connectivity index (χ0n) is 30.0. The average Bonchev–Trinajstić information content (AvgIpc) is 3.45. The van der Waals surface area contributed by atoms with Crippen LogP contribution in [0, 0.1) is 11.3 Å². The van der Waals surface area contributed by atoms with E-state index in [9.17, 15) is 38.4 Å². The molecule has 1 saturated carbocycles. The lowest BCUT2D eigenvalue weighted by Gasteiger charge is -2.54. The van der Waals surface area contributed by atoms with E-state index in [1.54, 1.807) is 50.3 Å². The van der Waals surface area contributed by atoms with Crippen molar-refractivity contribution >= 4 is 53.1 Å². The first kappa shape index (κ1) is 37.2. The van der Waals surface area contributed by atoms with Crippen LogP contribution in [-0.2, 0) is 43.0 Å². The summed E-state index contributed by atoms with van der Waals surface area (Å²) in [6.07, 6.45) is 8.31. The molecular formula is C38H42N4O11. The van der Waals surface area contributed by atoms with Crippen LogP contribution in [0.25, 0.3) is 0 Å². The number of hydrogen-bond acceptors (Lipinski definition) is 12. The molecule has 53 heavy (non-hydrogen) atoms. The van der Waals surface area contributed by atoms with Crippen molar-refractivity contribution in [1.82, 2.24) is 15.5 Å². The number of benzene rings is 1. The lowest BCUT2D eigenvalue weighted by molar-refractivity contribution is -0.235. The van der Waals surface area contributed by atoms with Gasteiger partial charge in [0.2, 0.25) is 17.7 Å². The van der Waals surface area contributed by atoms with E-state index in [0.29, 0.717) is 29.7 Å². The summed E-state index contributed by atoms with van der Waals surface area (Å²) in [4.78, 5) is 103. The van der Waals surface area contributed by atoms with Crippen molar-refractivity contribution in [2.75, 3.05) is 25.5 Å². The second-order valence-corrected chi connectivity index (χ2v) is 14.2. The van der Waals surface area contributed by atoms with Gasteiger partial charge in [-0.05, 0) is 70.6 Å². The van der Waals surface area contributed by atoms with Crippen LogP contribution in [0.1, 0.15) is 86.4 Å². The summed E-state index contributed by atoms with van der Waals surface area (Å²) in [5.41, 5.74) is -2.13. The third kappa shape index (κ3) is 6.31. The van der Waals surface area contributed by atoms with E-state index in [1.807, 2.05) is 0 Å². The molecule has 280 valence electrons. The Labute approximate surface area is 305 Å². The highest BCUT2D eigenvalue weighted by atomic mass is 16.6. The van der Waals surface area contributed by atoms with Crippen LogP contribution in [-0.4, -0.2) is 89.8 Å². The summed E-state index contributed by atoms with van der Waals surface area (Å²) in [5.74, 6) is -4.73. The van der Waals surface area contributed by atoms with Gasteiger partial charge in [0.25, 0.3) is 11.8 Å². The molecule has 3 aliphatic heterocycles. The number of esters is 3. The number of fused-ring (bicyclic) bond motifs is 1. The molecule has 3 fully saturated rings. The number of nitrogens with one attached hydrogen (secondary N) is 3. The molecule has 0 radical (unpaired) electrons. The first-order valence-corrected chi connectivity index (χ1v) is 17.6. The fourth-order valence-electron chi connectivity index (χ4n) is 8.63. The molecule has 15 nitrogen and oxygen atoms in total. The second kappa shape index (κ2) is 14.1. The first-order valence-electron chi connectivity index (χ1n) is 17.6. The molecule has 15 heteroatoms. The third-order valence-corrected chi connectivity index (χ3v) is 11.2. The zero-order chi connectivity index (χ0) is 38.3. The Morgan fingerprint density at radius 3 is 2.53 bits per heavy atom. The van der Waals surface area contributed by atoms with Gasteiger partial charge in [0, 0.05) is 49.2 Å². The van der Waals surface area contributed by atoms with Crippen LogP contribution >= 0.6 is 0 Å². The summed E-state index contributed by atoms with van der Waals surface area (Å²) in [6.45, 7) is 5.03. The van der Waals surface area contributed by atoms with Gasteiger partial charge in [-0.15, -0.1) is 0 Å². The molecule has 0 spiro atoms. The minimum atomic E-state index is -1.21. The molecule has 2 saturated heterocycles. The number of carbonyl (C=O) groups excluding carboxylic acids is 8. The van der Waals surface area contributed by atoms with Crippen LogP contribution in [0.3, 0.4) is 0 Å². The number of allylic oxidation sites excluding steroid dienone is 3. The second-order valence-electron chi connectivity index (χ2n) is 14.2. The van der Waals surface area contributed by atoms with Crippen LogP contribution in [0.15, 0.2) is 53.6 Å². The quantitative estimate of drug-likeness (QED) is 0.0794. The summed E-state index contributed by atoms with van der Waals surface area (Å²) in [7, 11) is 1.29. The highest BCUT2D eigenvalue weighted by molar-refractivity contribution is 6.25. The molecule has 0 aromatic heterocycles. The monoisotopic (exact) mass is 730 g/mol. The fourth-order valence-corrected chi connectivity index (χ4v) is 8.63. The third-order valence-electron chi connectivity index (χ3n) is 11.2. The zero-order valence-corrected chi connectivity index (χ0v) is 30.0. The number of methoxy groups -OCH3 is 1. The number of nitrogens with zero attached hydrogens (tertiary/aromatic N) is 1. The number of piperidine rings is 1. The molecule has 5 aliphatic rings. The van der Waals surface area contributed by atoms with Gasteiger partial charge in [-0.3, -0.25) is 43.8 Å². The lowest BCUT2D eigenvalue weighted by Crippen LogP contribution is -2.65. The number of ether oxygens (including phenoxy) is 3. The van der Waals surface area contributed by atoms with Gasteiger partial charge in [0.15, 0.2) is 0 Å². The standard InChI is InChI=1S/C38H42N4O11/c1-21(30(45)40-20-19-39-25-9-5-8-24-29(25)33(48)42(32(24)47)26-10-11-28(44)41-31(26)46)7-6-15-36(3)27-14-17-37(35(50)53-36)16-12-23(34(49)51-4)13-18-38(27,37)52-22(2)43/h5-9,12,15,26-27,39H,10-11,13-14,16-20H2,1-4H3,(H,40,45)(H,41,44,46)/b15-6+,21-7+/t26?,27-,36-,37+,38-/m0/s1. The van der Waals surface area contributed by atoms with Gasteiger partial charge >= 0.3 is 17.9 Å². The molecule has 1 aromatic carbocycles. The van der Waals surface area contributed by atoms with E-state index in [-0.39, 0.29) is 62.2 Å². The van der Waals surface area contributed by atoms with E-state index in [2.05, 4.69) is 16.0 Å². The molecule has 3 N–H and O–H groups in total. The Morgan fingerprint density at radius 2 is 1.81 bits per heavy atom. The van der Waals surface area contributed by atoms with Gasteiger partial charge < -0.3 is 24.8 Å². The van der Waals surface area contributed by atoms with Crippen LogP contribution in [0.4, 0.5) is 5.69 Å². The number of imide groups is 2. The van der Waals surface area contributed by atoms with Crippen molar-refractivity contribution in [3.8, 4) is 0 Å². The molecular weight excluding hydrogens is 688 g/mol. The summed E-state index contributed by atoms with van der Waals surface area (Å²) < 4.78 is 17.1. The summed E-state index contributed by atoms with van der Waals surface area (Å²) in [6, 6.07) is 3.64. The van der Waals surface area contributed by atoms with Crippen LogP contribution in [0.2, 0.25) is 0 Å². The largest absolute Gasteiger partial charge is 0.466 e. The summed E-state index contributed by atoms with van der Waals surface area (Å²) >= 11 is 0. The topological polar surface area (TPSA) is 204 Å². The van der Waals surface area contributed by atoms with Gasteiger partial charge in [-0.25, -0.2) is 4.79 Å². The van der Waals surface area contributed by atoms with E-state index < -0.39 is 70.1 Å². The van der Waals surface area contributed by atoms with Crippen molar-refractivity contribution < 1.29 is 52.6 Å². The maximum atomic E-state index is 13.8. The number of rotatable bonds is 10. The number of amides is 5. The SMILES string of the molecule is COC(=O)C1=CC[C@]23CC[C@H]([C@@]2(OC(C)=O)CC1)[C@](C)(/C=C/C=C(\C)C(=O)NCCNc1cccc2c1C(=O)N(C1CCC(=O)NC1=O)C2=O)OC3=O. The Hall–Kier alpha value is -5.60. The maximum absolute atomic E-state index is 13.8. The number of hydrogen-bond donors (Lipinski definition) is 3. The highest BCUT2D eigenvalue weighted by Crippen LogP contribution is 2.65. The van der Waals surface area contributed by atoms with E-state index in [0.717, 1.165) is 4.90 Å². The molecule has 1 unspecified atom stereocenters. The Bertz CT molecular complexity index is 1920. The Kier molecular flexibility index (Phi) is 9.88. The minimum absolute atomic E-state index is 0.0152. The number of cyclic esters (lactones) is 1. The van der Waals surface area contributed by atoms with E-state index in [4.69, 9.17) is 14.2 Å². The van der Waals surface area contributed by atoms with Crippen molar-refractivity contribution in [2.24, 2.45) is 11.3 Å².